The third kappa shape index (κ3) is 4.86. The molecule has 1 aliphatic rings. The summed E-state index contributed by atoms with van der Waals surface area (Å²) in [5.74, 6) is 1.27. The number of nitrogens with zero attached hydrogens (tertiary/aromatic N) is 1. The van der Waals surface area contributed by atoms with E-state index >= 15 is 0 Å². The largest absolute Gasteiger partial charge is 0.493 e. The van der Waals surface area contributed by atoms with Crippen molar-refractivity contribution in [1.82, 2.24) is 4.90 Å². The van der Waals surface area contributed by atoms with Gasteiger partial charge < -0.3 is 14.3 Å². The van der Waals surface area contributed by atoms with Crippen LogP contribution >= 0.6 is 0 Å². The van der Waals surface area contributed by atoms with Crippen LogP contribution in [0.3, 0.4) is 0 Å². The predicted octanol–water partition coefficient (Wildman–Crippen LogP) is 3.88. The lowest BCUT2D eigenvalue weighted by molar-refractivity contribution is 0.136. The fourth-order valence-corrected chi connectivity index (χ4v) is 3.89. The molecule has 1 aliphatic heterocycles. The van der Waals surface area contributed by atoms with Gasteiger partial charge in [0, 0.05) is 23.6 Å². The number of aliphatic hydroxyl groups excluding tert-OH is 1. The van der Waals surface area contributed by atoms with Crippen molar-refractivity contribution in [2.75, 3.05) is 19.7 Å². The standard InChI is InChI=1S/C24H27NO4/c1-17-11-21-5-6-22(13-23(21)29-24(17)27)28-16-18-7-9-25(10-8-18)14-19-3-2-4-20(12-19)15-26/h2-6,11-13,18,26H,7-10,14-16H2,1H3. The van der Waals surface area contributed by atoms with Crippen molar-refractivity contribution in [3.05, 3.63) is 75.6 Å². The molecule has 5 heteroatoms. The van der Waals surface area contributed by atoms with E-state index in [1.54, 1.807) is 13.0 Å². The van der Waals surface area contributed by atoms with Crippen molar-refractivity contribution in [3.8, 4) is 5.75 Å². The normalized spacial score (nSPS) is 15.7. The maximum atomic E-state index is 11.7. The second-order valence-electron chi connectivity index (χ2n) is 7.93. The molecule has 0 bridgehead atoms. The first-order valence-electron chi connectivity index (χ1n) is 10.2. The smallest absolute Gasteiger partial charge is 0.339 e. The van der Waals surface area contributed by atoms with Crippen molar-refractivity contribution in [3.63, 3.8) is 0 Å². The summed E-state index contributed by atoms with van der Waals surface area (Å²) in [5, 5.41) is 10.2. The number of rotatable bonds is 6. The summed E-state index contributed by atoms with van der Waals surface area (Å²) >= 11 is 0. The van der Waals surface area contributed by atoms with E-state index in [4.69, 9.17) is 9.15 Å². The van der Waals surface area contributed by atoms with E-state index in [-0.39, 0.29) is 12.2 Å². The fraction of sp³-hybridized carbons (Fsp3) is 0.375. The molecule has 2 heterocycles. The average Bonchev–Trinajstić information content (AvgIpc) is 2.74. The third-order valence-corrected chi connectivity index (χ3v) is 5.65. The summed E-state index contributed by atoms with van der Waals surface area (Å²) in [7, 11) is 0. The van der Waals surface area contributed by atoms with Crippen LogP contribution in [0.2, 0.25) is 0 Å². The molecule has 0 amide bonds. The van der Waals surface area contributed by atoms with Crippen LogP contribution in [0, 0.1) is 12.8 Å². The topological polar surface area (TPSA) is 62.9 Å². The maximum Gasteiger partial charge on any atom is 0.339 e. The van der Waals surface area contributed by atoms with Gasteiger partial charge in [0.15, 0.2) is 0 Å². The number of hydrogen-bond donors (Lipinski definition) is 1. The number of hydrogen-bond acceptors (Lipinski definition) is 5. The molecule has 1 aromatic heterocycles. The molecule has 1 saturated heterocycles. The van der Waals surface area contributed by atoms with Crippen LogP contribution in [0.1, 0.15) is 29.5 Å². The molecule has 29 heavy (non-hydrogen) atoms. The Kier molecular flexibility index (Phi) is 5.97. The Hall–Kier alpha value is -2.63. The highest BCUT2D eigenvalue weighted by Crippen LogP contribution is 2.24. The summed E-state index contributed by atoms with van der Waals surface area (Å²) in [6.07, 6.45) is 2.20. The Morgan fingerprint density at radius 2 is 1.90 bits per heavy atom. The molecule has 0 atom stereocenters. The molecule has 5 nitrogen and oxygen atoms in total. The van der Waals surface area contributed by atoms with E-state index < -0.39 is 0 Å². The second-order valence-corrected chi connectivity index (χ2v) is 7.93. The van der Waals surface area contributed by atoms with E-state index in [2.05, 4.69) is 17.0 Å². The van der Waals surface area contributed by atoms with Crippen molar-refractivity contribution in [1.29, 1.82) is 0 Å². The van der Waals surface area contributed by atoms with Gasteiger partial charge in [-0.05, 0) is 68.1 Å². The first-order valence-corrected chi connectivity index (χ1v) is 10.2. The minimum Gasteiger partial charge on any atom is -0.493 e. The number of aryl methyl sites for hydroxylation is 1. The first kappa shape index (κ1) is 19.7. The SMILES string of the molecule is Cc1cc2ccc(OCC3CCN(Cc4cccc(CO)c4)CC3)cc2oc1=O. The first-order chi connectivity index (χ1) is 14.1. The van der Waals surface area contributed by atoms with E-state index in [9.17, 15) is 9.90 Å². The zero-order valence-corrected chi connectivity index (χ0v) is 16.8. The third-order valence-electron chi connectivity index (χ3n) is 5.65. The van der Waals surface area contributed by atoms with Gasteiger partial charge in [0.1, 0.15) is 11.3 Å². The molecular formula is C24H27NO4. The van der Waals surface area contributed by atoms with Crippen molar-refractivity contribution in [2.45, 2.75) is 32.9 Å². The lowest BCUT2D eigenvalue weighted by Gasteiger charge is -2.32. The van der Waals surface area contributed by atoms with Gasteiger partial charge in [-0.1, -0.05) is 24.3 Å². The van der Waals surface area contributed by atoms with Crippen LogP contribution in [0.4, 0.5) is 0 Å². The lowest BCUT2D eigenvalue weighted by Crippen LogP contribution is -2.35. The molecule has 0 saturated carbocycles. The maximum absolute atomic E-state index is 11.7. The van der Waals surface area contributed by atoms with Crippen molar-refractivity contribution >= 4 is 11.0 Å². The Morgan fingerprint density at radius 3 is 2.69 bits per heavy atom. The van der Waals surface area contributed by atoms with Crippen molar-refractivity contribution in [2.24, 2.45) is 5.92 Å². The molecule has 3 aromatic rings. The van der Waals surface area contributed by atoms with E-state index in [1.165, 1.54) is 5.56 Å². The Bertz CT molecular complexity index is 1030. The van der Waals surface area contributed by atoms with Gasteiger partial charge in [0.2, 0.25) is 0 Å². The quantitative estimate of drug-likeness (QED) is 0.644. The molecule has 0 unspecified atom stereocenters. The van der Waals surface area contributed by atoms with E-state index in [0.717, 1.165) is 49.2 Å². The summed E-state index contributed by atoms with van der Waals surface area (Å²) in [5.41, 5.74) is 3.09. The summed E-state index contributed by atoms with van der Waals surface area (Å²) < 4.78 is 11.4. The summed E-state index contributed by atoms with van der Waals surface area (Å²) in [6, 6.07) is 15.7. The van der Waals surface area contributed by atoms with Gasteiger partial charge in [0.25, 0.3) is 0 Å². The van der Waals surface area contributed by atoms with Crippen LogP contribution < -0.4 is 10.4 Å². The van der Waals surface area contributed by atoms with Crippen LogP contribution in [-0.2, 0) is 13.2 Å². The number of fused-ring (bicyclic) bond motifs is 1. The molecule has 1 N–H and O–H groups in total. The van der Waals surface area contributed by atoms with Gasteiger partial charge in [0.05, 0.1) is 13.2 Å². The van der Waals surface area contributed by atoms with Gasteiger partial charge in [-0.25, -0.2) is 4.79 Å². The monoisotopic (exact) mass is 393 g/mol. The molecule has 2 aromatic carbocycles. The zero-order valence-electron chi connectivity index (χ0n) is 16.8. The molecule has 0 aliphatic carbocycles. The number of piperidine rings is 1. The number of benzene rings is 2. The second kappa shape index (κ2) is 8.80. The number of ether oxygens (including phenoxy) is 1. The minimum absolute atomic E-state index is 0.0883. The highest BCUT2D eigenvalue weighted by molar-refractivity contribution is 5.78. The molecule has 0 spiro atoms. The number of likely N-dealkylation sites (tertiary alicyclic amines) is 1. The molecule has 1 fully saturated rings. The predicted molar refractivity (Wildman–Crippen MR) is 113 cm³/mol. The average molecular weight is 393 g/mol. The highest BCUT2D eigenvalue weighted by atomic mass is 16.5. The minimum atomic E-state index is -0.299. The number of aliphatic hydroxyl groups is 1. The Morgan fingerprint density at radius 1 is 1.10 bits per heavy atom. The van der Waals surface area contributed by atoms with E-state index in [1.807, 2.05) is 30.3 Å². The zero-order chi connectivity index (χ0) is 20.2. The van der Waals surface area contributed by atoms with Crippen LogP contribution in [0.15, 0.2) is 57.7 Å². The van der Waals surface area contributed by atoms with Gasteiger partial charge in [-0.2, -0.15) is 0 Å². The van der Waals surface area contributed by atoms with E-state index in [0.29, 0.717) is 23.7 Å². The summed E-state index contributed by atoms with van der Waals surface area (Å²) in [4.78, 5) is 14.2. The molecule has 4 rings (SSSR count). The van der Waals surface area contributed by atoms with Crippen LogP contribution in [0.5, 0.6) is 5.75 Å². The molecule has 0 radical (unpaired) electrons. The Balaban J connectivity index is 1.29. The molecular weight excluding hydrogens is 366 g/mol. The summed E-state index contributed by atoms with van der Waals surface area (Å²) in [6.45, 7) is 5.53. The molecule has 152 valence electrons. The van der Waals surface area contributed by atoms with Crippen LogP contribution in [-0.4, -0.2) is 29.7 Å². The lowest BCUT2D eigenvalue weighted by atomic mass is 9.97. The van der Waals surface area contributed by atoms with Crippen LogP contribution in [0.25, 0.3) is 11.0 Å². The Labute approximate surface area is 170 Å². The van der Waals surface area contributed by atoms with Gasteiger partial charge in [-0.15, -0.1) is 0 Å². The van der Waals surface area contributed by atoms with Gasteiger partial charge >= 0.3 is 5.63 Å². The fourth-order valence-electron chi connectivity index (χ4n) is 3.89. The van der Waals surface area contributed by atoms with Gasteiger partial charge in [-0.3, -0.25) is 4.90 Å². The highest BCUT2D eigenvalue weighted by Gasteiger charge is 2.20. The van der Waals surface area contributed by atoms with Crippen molar-refractivity contribution < 1.29 is 14.3 Å².